The van der Waals surface area contributed by atoms with Crippen LogP contribution in [0.3, 0.4) is 0 Å². The SMILES string of the molecule is Cc1ccccc1NCCC(=O)N(C)CC(=O)O. The zero-order chi connectivity index (χ0) is 13.5. The minimum atomic E-state index is -1.00. The zero-order valence-electron chi connectivity index (χ0n) is 10.6. The third-order valence-electron chi connectivity index (χ3n) is 2.60. The molecule has 1 amide bonds. The maximum Gasteiger partial charge on any atom is 0.323 e. The molecule has 2 N–H and O–H groups in total. The number of benzene rings is 1. The van der Waals surface area contributed by atoms with E-state index in [4.69, 9.17) is 5.11 Å². The molecule has 0 unspecified atom stereocenters. The Kier molecular flexibility index (Phi) is 5.17. The molecule has 1 aromatic carbocycles. The summed E-state index contributed by atoms with van der Waals surface area (Å²) in [6.07, 6.45) is 0.276. The van der Waals surface area contributed by atoms with E-state index >= 15 is 0 Å². The van der Waals surface area contributed by atoms with E-state index in [0.717, 1.165) is 11.3 Å². The standard InChI is InChI=1S/C13H18N2O3/c1-10-5-3-4-6-11(10)14-8-7-12(16)15(2)9-13(17)18/h3-6,14H,7-9H2,1-2H3,(H,17,18). The van der Waals surface area contributed by atoms with Gasteiger partial charge in [0, 0.05) is 25.7 Å². The van der Waals surface area contributed by atoms with E-state index in [2.05, 4.69) is 5.32 Å². The fourth-order valence-corrected chi connectivity index (χ4v) is 1.56. The number of aryl methyl sites for hydroxylation is 1. The van der Waals surface area contributed by atoms with Crippen LogP contribution in [0.15, 0.2) is 24.3 Å². The average Bonchev–Trinajstić information content (AvgIpc) is 2.30. The number of hydrogen-bond donors (Lipinski definition) is 2. The topological polar surface area (TPSA) is 69.6 Å². The lowest BCUT2D eigenvalue weighted by Crippen LogP contribution is -2.32. The van der Waals surface area contributed by atoms with E-state index in [0.29, 0.717) is 6.54 Å². The lowest BCUT2D eigenvalue weighted by Gasteiger charge is -2.15. The molecule has 0 aliphatic rings. The fraction of sp³-hybridized carbons (Fsp3) is 0.385. The number of para-hydroxylation sites is 1. The Labute approximate surface area is 106 Å². The Morgan fingerprint density at radius 1 is 1.33 bits per heavy atom. The van der Waals surface area contributed by atoms with Crippen LogP contribution in [0.1, 0.15) is 12.0 Å². The van der Waals surface area contributed by atoms with Crippen LogP contribution in [0.4, 0.5) is 5.69 Å². The van der Waals surface area contributed by atoms with Gasteiger partial charge in [-0.05, 0) is 18.6 Å². The van der Waals surface area contributed by atoms with Crippen LogP contribution >= 0.6 is 0 Å². The number of aliphatic carboxylic acids is 1. The number of rotatable bonds is 6. The number of hydrogen-bond acceptors (Lipinski definition) is 3. The van der Waals surface area contributed by atoms with Gasteiger partial charge in [0.25, 0.3) is 0 Å². The first-order chi connectivity index (χ1) is 8.50. The molecule has 0 bridgehead atoms. The van der Waals surface area contributed by atoms with Crippen molar-refractivity contribution in [2.24, 2.45) is 0 Å². The lowest BCUT2D eigenvalue weighted by atomic mass is 10.2. The highest BCUT2D eigenvalue weighted by molar-refractivity contribution is 5.81. The van der Waals surface area contributed by atoms with Crippen LogP contribution in [0.25, 0.3) is 0 Å². The van der Waals surface area contributed by atoms with Crippen LogP contribution in [-0.2, 0) is 9.59 Å². The van der Waals surface area contributed by atoms with Crippen molar-refractivity contribution in [3.63, 3.8) is 0 Å². The number of carboxylic acid groups (broad SMARTS) is 1. The first-order valence-electron chi connectivity index (χ1n) is 5.76. The lowest BCUT2D eigenvalue weighted by molar-refractivity contribution is -0.143. The van der Waals surface area contributed by atoms with Gasteiger partial charge < -0.3 is 15.3 Å². The van der Waals surface area contributed by atoms with Gasteiger partial charge in [-0.2, -0.15) is 0 Å². The smallest absolute Gasteiger partial charge is 0.323 e. The van der Waals surface area contributed by atoms with Crippen LogP contribution in [0.5, 0.6) is 0 Å². The molecule has 0 atom stereocenters. The maximum atomic E-state index is 11.6. The molecule has 0 aliphatic carbocycles. The van der Waals surface area contributed by atoms with Gasteiger partial charge in [0.2, 0.25) is 5.91 Å². The molecule has 0 aliphatic heterocycles. The molecule has 0 saturated heterocycles. The van der Waals surface area contributed by atoms with E-state index in [1.54, 1.807) is 0 Å². The molecule has 18 heavy (non-hydrogen) atoms. The van der Waals surface area contributed by atoms with Gasteiger partial charge in [-0.1, -0.05) is 18.2 Å². The van der Waals surface area contributed by atoms with E-state index < -0.39 is 5.97 Å². The van der Waals surface area contributed by atoms with Crippen LogP contribution in [0, 0.1) is 6.92 Å². The van der Waals surface area contributed by atoms with Gasteiger partial charge in [0.05, 0.1) is 0 Å². The van der Waals surface area contributed by atoms with Crippen molar-refractivity contribution in [2.45, 2.75) is 13.3 Å². The maximum absolute atomic E-state index is 11.6. The van der Waals surface area contributed by atoms with Crippen molar-refractivity contribution in [3.8, 4) is 0 Å². The molecule has 1 aromatic rings. The summed E-state index contributed by atoms with van der Waals surface area (Å²) in [5.74, 6) is -1.18. The number of carbonyl (C=O) groups excluding carboxylic acids is 1. The Morgan fingerprint density at radius 2 is 2.00 bits per heavy atom. The van der Waals surface area contributed by atoms with Gasteiger partial charge in [-0.15, -0.1) is 0 Å². The largest absolute Gasteiger partial charge is 0.480 e. The Balaban J connectivity index is 2.36. The van der Waals surface area contributed by atoms with Gasteiger partial charge in [-0.3, -0.25) is 9.59 Å². The molecule has 0 heterocycles. The predicted octanol–water partition coefficient (Wildman–Crippen LogP) is 1.34. The normalized spacial score (nSPS) is 9.89. The van der Waals surface area contributed by atoms with Crippen molar-refractivity contribution in [1.29, 1.82) is 0 Å². The summed E-state index contributed by atoms with van der Waals surface area (Å²) in [6, 6.07) is 7.81. The van der Waals surface area contributed by atoms with Gasteiger partial charge >= 0.3 is 5.97 Å². The van der Waals surface area contributed by atoms with Gasteiger partial charge in [0.1, 0.15) is 6.54 Å². The average molecular weight is 250 g/mol. The van der Waals surface area contributed by atoms with Crippen molar-refractivity contribution in [1.82, 2.24) is 4.90 Å². The van der Waals surface area contributed by atoms with E-state index in [1.165, 1.54) is 11.9 Å². The van der Waals surface area contributed by atoms with Gasteiger partial charge in [-0.25, -0.2) is 0 Å². The van der Waals surface area contributed by atoms with E-state index in [9.17, 15) is 9.59 Å². The van der Waals surface area contributed by atoms with Crippen LogP contribution in [0.2, 0.25) is 0 Å². The molecular formula is C13H18N2O3. The summed E-state index contributed by atoms with van der Waals surface area (Å²) in [4.78, 5) is 23.2. The summed E-state index contributed by atoms with van der Waals surface area (Å²) in [6.45, 7) is 2.22. The number of nitrogens with zero attached hydrogens (tertiary/aromatic N) is 1. The molecule has 0 spiro atoms. The van der Waals surface area contributed by atoms with Crippen molar-refractivity contribution in [3.05, 3.63) is 29.8 Å². The third-order valence-corrected chi connectivity index (χ3v) is 2.60. The summed E-state index contributed by atoms with van der Waals surface area (Å²) >= 11 is 0. The first kappa shape index (κ1) is 14.0. The summed E-state index contributed by atoms with van der Waals surface area (Å²) in [5.41, 5.74) is 2.11. The summed E-state index contributed by atoms with van der Waals surface area (Å²) < 4.78 is 0. The summed E-state index contributed by atoms with van der Waals surface area (Å²) in [5, 5.41) is 11.7. The highest BCUT2D eigenvalue weighted by atomic mass is 16.4. The molecule has 0 fully saturated rings. The molecule has 98 valence electrons. The molecule has 0 aromatic heterocycles. The molecule has 0 radical (unpaired) electrons. The monoisotopic (exact) mass is 250 g/mol. The van der Waals surface area contributed by atoms with E-state index in [1.807, 2.05) is 31.2 Å². The number of anilines is 1. The first-order valence-corrected chi connectivity index (χ1v) is 5.76. The second-order valence-electron chi connectivity index (χ2n) is 4.14. The second-order valence-corrected chi connectivity index (χ2v) is 4.14. The van der Waals surface area contributed by atoms with Crippen molar-refractivity contribution < 1.29 is 14.7 Å². The van der Waals surface area contributed by atoms with Crippen molar-refractivity contribution >= 4 is 17.6 Å². The number of nitrogens with one attached hydrogen (secondary N) is 1. The number of likely N-dealkylation sites (N-methyl/N-ethyl adjacent to an activating group) is 1. The number of amides is 1. The highest BCUT2D eigenvalue weighted by Gasteiger charge is 2.11. The number of carboxylic acids is 1. The quantitative estimate of drug-likeness (QED) is 0.799. The zero-order valence-corrected chi connectivity index (χ0v) is 10.6. The predicted molar refractivity (Wildman–Crippen MR) is 69.6 cm³/mol. The minimum absolute atomic E-state index is 0.182. The molecule has 1 rings (SSSR count). The number of carbonyl (C=O) groups is 2. The van der Waals surface area contributed by atoms with Crippen LogP contribution < -0.4 is 5.32 Å². The Morgan fingerprint density at radius 3 is 2.61 bits per heavy atom. The molecular weight excluding hydrogens is 232 g/mol. The highest BCUT2D eigenvalue weighted by Crippen LogP contribution is 2.12. The molecule has 5 nitrogen and oxygen atoms in total. The van der Waals surface area contributed by atoms with E-state index in [-0.39, 0.29) is 18.9 Å². The Hall–Kier alpha value is -2.04. The molecule has 0 saturated carbocycles. The third kappa shape index (κ3) is 4.45. The van der Waals surface area contributed by atoms with Crippen LogP contribution in [-0.4, -0.2) is 42.0 Å². The van der Waals surface area contributed by atoms with Gasteiger partial charge in [0.15, 0.2) is 0 Å². The second kappa shape index (κ2) is 6.64. The van der Waals surface area contributed by atoms with Crippen molar-refractivity contribution in [2.75, 3.05) is 25.5 Å². The minimum Gasteiger partial charge on any atom is -0.480 e. The molecule has 5 heteroatoms. The summed E-state index contributed by atoms with van der Waals surface area (Å²) in [7, 11) is 1.49. The fourth-order valence-electron chi connectivity index (χ4n) is 1.56. The Bertz CT molecular complexity index is 432.